The Kier molecular flexibility index (Phi) is 5.28. The van der Waals surface area contributed by atoms with Gasteiger partial charge < -0.3 is 10.1 Å². The van der Waals surface area contributed by atoms with E-state index in [4.69, 9.17) is 4.74 Å². The van der Waals surface area contributed by atoms with Gasteiger partial charge in [-0.2, -0.15) is 0 Å². The van der Waals surface area contributed by atoms with Gasteiger partial charge in [-0.25, -0.2) is 9.97 Å². The maximum absolute atomic E-state index is 5.86. The van der Waals surface area contributed by atoms with Gasteiger partial charge in [0.25, 0.3) is 0 Å². The molecular weight excluding hydrogens is 262 g/mol. The Balaban J connectivity index is 2.09. The average Bonchev–Trinajstić information content (AvgIpc) is 2.49. The molecule has 112 valence electrons. The van der Waals surface area contributed by atoms with Crippen LogP contribution in [0.4, 0.5) is 0 Å². The van der Waals surface area contributed by atoms with Crippen LogP contribution in [0.1, 0.15) is 35.6 Å². The van der Waals surface area contributed by atoms with E-state index in [2.05, 4.69) is 48.2 Å². The van der Waals surface area contributed by atoms with Crippen molar-refractivity contribution in [1.29, 1.82) is 0 Å². The largest absolute Gasteiger partial charge is 0.424 e. The number of hydrogen-bond acceptors (Lipinski definition) is 4. The third-order valence-corrected chi connectivity index (χ3v) is 3.50. The molecule has 4 nitrogen and oxygen atoms in total. The molecular formula is C17H23N3O. The number of aryl methyl sites for hydroxylation is 2. The highest BCUT2D eigenvalue weighted by Crippen LogP contribution is 2.28. The summed E-state index contributed by atoms with van der Waals surface area (Å²) in [5, 5.41) is 3.33. The summed E-state index contributed by atoms with van der Waals surface area (Å²) >= 11 is 0. The van der Waals surface area contributed by atoms with E-state index in [1.807, 2.05) is 19.3 Å². The molecule has 4 heteroatoms. The molecule has 0 atom stereocenters. The quantitative estimate of drug-likeness (QED) is 0.822. The average molecular weight is 285 g/mol. The number of nitrogens with one attached hydrogen (secondary N) is 1. The molecule has 0 amide bonds. The molecule has 0 unspecified atom stereocenters. The van der Waals surface area contributed by atoms with Gasteiger partial charge in [0, 0.05) is 24.5 Å². The van der Waals surface area contributed by atoms with Crippen LogP contribution in [0.5, 0.6) is 11.8 Å². The summed E-state index contributed by atoms with van der Waals surface area (Å²) in [6.45, 7) is 10.1. The fourth-order valence-electron chi connectivity index (χ4n) is 2.07. The Morgan fingerprint density at radius 1 is 1.05 bits per heavy atom. The van der Waals surface area contributed by atoms with Crippen molar-refractivity contribution in [3.63, 3.8) is 0 Å². The van der Waals surface area contributed by atoms with Crippen LogP contribution in [0.2, 0.25) is 0 Å². The highest BCUT2D eigenvalue weighted by molar-refractivity contribution is 5.45. The molecule has 0 spiro atoms. The Morgan fingerprint density at radius 3 is 2.38 bits per heavy atom. The third-order valence-electron chi connectivity index (χ3n) is 3.50. The summed E-state index contributed by atoms with van der Waals surface area (Å²) in [6.07, 6.45) is 4.74. The molecule has 0 aliphatic heterocycles. The Labute approximate surface area is 126 Å². The van der Waals surface area contributed by atoms with E-state index in [0.717, 1.165) is 42.0 Å². The van der Waals surface area contributed by atoms with Crippen LogP contribution in [0, 0.1) is 20.8 Å². The van der Waals surface area contributed by atoms with Gasteiger partial charge in [-0.15, -0.1) is 0 Å². The zero-order chi connectivity index (χ0) is 15.2. The second-order valence-corrected chi connectivity index (χ2v) is 5.31. The SMILES string of the molecule is CCCNCc1cnc(Oc2c(C)ccc(C)c2C)nc1. The van der Waals surface area contributed by atoms with Crippen molar-refractivity contribution in [1.82, 2.24) is 15.3 Å². The lowest BCUT2D eigenvalue weighted by molar-refractivity contribution is 0.434. The van der Waals surface area contributed by atoms with Crippen LogP contribution in [0.25, 0.3) is 0 Å². The number of nitrogens with zero attached hydrogens (tertiary/aromatic N) is 2. The van der Waals surface area contributed by atoms with Crippen LogP contribution < -0.4 is 10.1 Å². The van der Waals surface area contributed by atoms with E-state index < -0.39 is 0 Å². The number of benzene rings is 1. The Morgan fingerprint density at radius 2 is 1.71 bits per heavy atom. The fourth-order valence-corrected chi connectivity index (χ4v) is 2.07. The first kappa shape index (κ1) is 15.4. The highest BCUT2D eigenvalue weighted by atomic mass is 16.5. The van der Waals surface area contributed by atoms with Crippen molar-refractivity contribution in [3.8, 4) is 11.8 Å². The molecule has 0 saturated heterocycles. The first-order valence-electron chi connectivity index (χ1n) is 7.38. The van der Waals surface area contributed by atoms with Crippen LogP contribution in [-0.4, -0.2) is 16.5 Å². The molecule has 0 radical (unpaired) electrons. The van der Waals surface area contributed by atoms with Crippen molar-refractivity contribution < 1.29 is 4.74 Å². The van der Waals surface area contributed by atoms with Crippen LogP contribution in [-0.2, 0) is 6.54 Å². The molecule has 1 N–H and O–H groups in total. The summed E-state index contributed by atoms with van der Waals surface area (Å²) in [6, 6.07) is 4.55. The molecule has 0 fully saturated rings. The maximum Gasteiger partial charge on any atom is 0.321 e. The van der Waals surface area contributed by atoms with E-state index in [1.54, 1.807) is 0 Å². The van der Waals surface area contributed by atoms with Crippen molar-refractivity contribution >= 4 is 0 Å². The molecule has 1 aromatic heterocycles. The van der Waals surface area contributed by atoms with E-state index in [0.29, 0.717) is 6.01 Å². The third kappa shape index (κ3) is 4.02. The molecule has 1 aromatic carbocycles. The van der Waals surface area contributed by atoms with Crippen LogP contribution in [0.3, 0.4) is 0 Å². The van der Waals surface area contributed by atoms with Crippen molar-refractivity contribution in [2.24, 2.45) is 0 Å². The van der Waals surface area contributed by atoms with Crippen LogP contribution in [0.15, 0.2) is 24.5 Å². The van der Waals surface area contributed by atoms with Gasteiger partial charge in [-0.05, 0) is 50.4 Å². The molecule has 2 rings (SSSR count). The van der Waals surface area contributed by atoms with Gasteiger partial charge in [0.05, 0.1) is 0 Å². The molecule has 0 aliphatic carbocycles. The minimum atomic E-state index is 0.394. The summed E-state index contributed by atoms with van der Waals surface area (Å²) < 4.78 is 5.86. The second kappa shape index (κ2) is 7.18. The van der Waals surface area contributed by atoms with Gasteiger partial charge in [0.15, 0.2) is 0 Å². The monoisotopic (exact) mass is 285 g/mol. The van der Waals surface area contributed by atoms with Gasteiger partial charge in [-0.3, -0.25) is 0 Å². The van der Waals surface area contributed by atoms with Gasteiger partial charge in [0.2, 0.25) is 0 Å². The smallest absolute Gasteiger partial charge is 0.321 e. The number of ether oxygens (including phenoxy) is 1. The molecule has 21 heavy (non-hydrogen) atoms. The Bertz CT molecular complexity index is 594. The molecule has 2 aromatic rings. The normalized spacial score (nSPS) is 10.7. The summed E-state index contributed by atoms with van der Waals surface area (Å²) in [7, 11) is 0. The summed E-state index contributed by atoms with van der Waals surface area (Å²) in [5.74, 6) is 0.854. The highest BCUT2D eigenvalue weighted by Gasteiger charge is 2.09. The first-order valence-corrected chi connectivity index (χ1v) is 7.38. The minimum absolute atomic E-state index is 0.394. The van der Waals surface area contributed by atoms with E-state index in [-0.39, 0.29) is 0 Å². The lowest BCUT2D eigenvalue weighted by atomic mass is 10.1. The van der Waals surface area contributed by atoms with Crippen molar-refractivity contribution in [2.45, 2.75) is 40.7 Å². The number of rotatable bonds is 6. The zero-order valence-corrected chi connectivity index (χ0v) is 13.2. The molecule has 0 aliphatic rings. The first-order chi connectivity index (χ1) is 10.1. The summed E-state index contributed by atoms with van der Waals surface area (Å²) in [4.78, 5) is 8.58. The Hall–Kier alpha value is -1.94. The fraction of sp³-hybridized carbons (Fsp3) is 0.412. The van der Waals surface area contributed by atoms with Gasteiger partial charge >= 0.3 is 6.01 Å². The van der Waals surface area contributed by atoms with Crippen LogP contribution >= 0.6 is 0 Å². The zero-order valence-electron chi connectivity index (χ0n) is 13.2. The predicted octanol–water partition coefficient (Wildman–Crippen LogP) is 3.69. The van der Waals surface area contributed by atoms with Gasteiger partial charge in [-0.1, -0.05) is 19.1 Å². The van der Waals surface area contributed by atoms with E-state index in [1.165, 1.54) is 5.56 Å². The lowest BCUT2D eigenvalue weighted by Gasteiger charge is -2.12. The maximum atomic E-state index is 5.86. The van der Waals surface area contributed by atoms with Crippen molar-refractivity contribution in [3.05, 3.63) is 46.8 Å². The standard InChI is InChI=1S/C17H23N3O/c1-5-8-18-9-15-10-19-17(20-11-15)21-16-13(3)7-6-12(2)14(16)4/h6-7,10-11,18H,5,8-9H2,1-4H3. The van der Waals surface area contributed by atoms with Gasteiger partial charge in [0.1, 0.15) is 5.75 Å². The molecule has 0 saturated carbocycles. The second-order valence-electron chi connectivity index (χ2n) is 5.31. The topological polar surface area (TPSA) is 47.0 Å². The molecule has 0 bridgehead atoms. The number of hydrogen-bond donors (Lipinski definition) is 1. The van der Waals surface area contributed by atoms with E-state index >= 15 is 0 Å². The lowest BCUT2D eigenvalue weighted by Crippen LogP contribution is -2.14. The molecule has 1 heterocycles. The van der Waals surface area contributed by atoms with Crippen molar-refractivity contribution in [2.75, 3.05) is 6.54 Å². The minimum Gasteiger partial charge on any atom is -0.424 e. The predicted molar refractivity (Wildman–Crippen MR) is 84.8 cm³/mol. The number of aromatic nitrogens is 2. The summed E-state index contributed by atoms with van der Waals surface area (Å²) in [5.41, 5.74) is 4.49. The van der Waals surface area contributed by atoms with E-state index in [9.17, 15) is 0 Å².